The Hall–Kier alpha value is -1.33. The van der Waals surface area contributed by atoms with Crippen LogP contribution in [0.25, 0.3) is 11.1 Å². The zero-order chi connectivity index (χ0) is 13.9. The van der Waals surface area contributed by atoms with Gasteiger partial charge in [0.05, 0.1) is 0 Å². The van der Waals surface area contributed by atoms with Crippen molar-refractivity contribution in [1.29, 1.82) is 0 Å². The van der Waals surface area contributed by atoms with Crippen LogP contribution in [0.4, 0.5) is 0 Å². The average molecular weight is 261 g/mol. The summed E-state index contributed by atoms with van der Waals surface area (Å²) in [5, 5.41) is 0. The third-order valence-corrected chi connectivity index (χ3v) is 3.22. The van der Waals surface area contributed by atoms with Gasteiger partial charge < -0.3 is 13.7 Å². The number of hydrogen-bond acceptors (Lipinski definition) is 4. The van der Waals surface area contributed by atoms with E-state index in [1.807, 2.05) is 25.1 Å². The average Bonchev–Trinajstić information content (AvgIpc) is 2.85. The van der Waals surface area contributed by atoms with E-state index < -0.39 is 0 Å². The summed E-state index contributed by atoms with van der Waals surface area (Å²) >= 11 is 0. The summed E-state index contributed by atoms with van der Waals surface area (Å²) < 4.78 is 17.1. The summed E-state index contributed by atoms with van der Waals surface area (Å²) in [4.78, 5) is 4.11. The Morgan fingerprint density at radius 1 is 1.32 bits per heavy atom. The zero-order valence-electron chi connectivity index (χ0n) is 12.0. The number of aromatic nitrogens is 1. The first-order valence-corrected chi connectivity index (χ1v) is 6.68. The Labute approximate surface area is 114 Å². The predicted octanol–water partition coefficient (Wildman–Crippen LogP) is 2.76. The van der Waals surface area contributed by atoms with Crippen LogP contribution in [0.1, 0.15) is 34.1 Å². The first-order chi connectivity index (χ1) is 9.05. The zero-order valence-corrected chi connectivity index (χ0v) is 12.0. The normalized spacial score (nSPS) is 12.0. The van der Waals surface area contributed by atoms with E-state index in [0.29, 0.717) is 6.61 Å². The van der Waals surface area contributed by atoms with Gasteiger partial charge in [0.15, 0.2) is 12.0 Å². The van der Waals surface area contributed by atoms with Gasteiger partial charge in [0.2, 0.25) is 0 Å². The van der Waals surface area contributed by atoms with Gasteiger partial charge in [-0.25, -0.2) is 4.98 Å². The highest BCUT2D eigenvalue weighted by atomic mass is 16.6. The molecule has 2 rings (SSSR count). The number of benzene rings is 1. The van der Waals surface area contributed by atoms with Crippen molar-refractivity contribution in [3.05, 3.63) is 24.6 Å². The molecule has 5 heteroatoms. The van der Waals surface area contributed by atoms with Crippen LogP contribution in [-0.4, -0.2) is 24.3 Å². The number of nitrogens with zero attached hydrogens (tertiary/aromatic N) is 1. The smallest absolute Gasteiger partial charge is 0.443 e. The fraction of sp³-hybridized carbons (Fsp3) is 0.500. The van der Waals surface area contributed by atoms with Gasteiger partial charge in [0, 0.05) is 12.2 Å². The third-order valence-electron chi connectivity index (χ3n) is 3.22. The van der Waals surface area contributed by atoms with E-state index in [9.17, 15) is 0 Å². The van der Waals surface area contributed by atoms with E-state index in [2.05, 4.69) is 25.8 Å². The Morgan fingerprint density at radius 3 is 2.79 bits per heavy atom. The van der Waals surface area contributed by atoms with E-state index in [4.69, 9.17) is 13.7 Å². The van der Waals surface area contributed by atoms with Crippen LogP contribution in [0.15, 0.2) is 29.0 Å². The van der Waals surface area contributed by atoms with Crippen molar-refractivity contribution in [2.75, 3.05) is 6.61 Å². The highest BCUT2D eigenvalue weighted by molar-refractivity contribution is 6.61. The van der Waals surface area contributed by atoms with Crippen molar-refractivity contribution in [1.82, 2.24) is 4.98 Å². The largest absolute Gasteiger partial charge is 0.494 e. The molecular weight excluding hydrogens is 241 g/mol. The van der Waals surface area contributed by atoms with Crippen molar-refractivity contribution >= 4 is 23.7 Å². The third kappa shape index (κ3) is 3.36. The SMILES string of the molecule is CCOB(OC(C)(C)CC)c1ccc2ncoc2c1. The van der Waals surface area contributed by atoms with E-state index in [1.54, 1.807) is 0 Å². The molecule has 1 aromatic heterocycles. The molecule has 0 aliphatic heterocycles. The molecule has 0 aliphatic carbocycles. The van der Waals surface area contributed by atoms with E-state index in [1.165, 1.54) is 6.39 Å². The lowest BCUT2D eigenvalue weighted by molar-refractivity contribution is 0.0706. The van der Waals surface area contributed by atoms with Gasteiger partial charge in [-0.3, -0.25) is 0 Å². The van der Waals surface area contributed by atoms with Crippen LogP contribution < -0.4 is 5.46 Å². The van der Waals surface area contributed by atoms with E-state index >= 15 is 0 Å². The molecule has 0 amide bonds. The molecule has 0 atom stereocenters. The number of oxazole rings is 1. The Balaban J connectivity index is 2.26. The van der Waals surface area contributed by atoms with Gasteiger partial charge in [-0.1, -0.05) is 13.0 Å². The van der Waals surface area contributed by atoms with Crippen molar-refractivity contribution in [2.24, 2.45) is 0 Å². The molecule has 0 radical (unpaired) electrons. The predicted molar refractivity (Wildman–Crippen MR) is 76.5 cm³/mol. The summed E-state index contributed by atoms with van der Waals surface area (Å²) in [6.45, 7) is 8.78. The summed E-state index contributed by atoms with van der Waals surface area (Å²) in [6.07, 6.45) is 2.36. The van der Waals surface area contributed by atoms with Gasteiger partial charge in [-0.2, -0.15) is 0 Å². The van der Waals surface area contributed by atoms with Gasteiger partial charge in [0.25, 0.3) is 0 Å². The first kappa shape index (κ1) is 14.1. The maximum Gasteiger partial charge on any atom is 0.494 e. The summed E-state index contributed by atoms with van der Waals surface area (Å²) in [5.74, 6) is 0. The molecular formula is C14H20BNO3. The molecule has 0 saturated carbocycles. The van der Waals surface area contributed by atoms with Crippen LogP contribution in [0.3, 0.4) is 0 Å². The molecule has 0 saturated heterocycles. The topological polar surface area (TPSA) is 44.5 Å². The van der Waals surface area contributed by atoms with Crippen molar-refractivity contribution in [3.63, 3.8) is 0 Å². The highest BCUT2D eigenvalue weighted by Gasteiger charge is 2.29. The minimum atomic E-state index is -0.380. The fourth-order valence-corrected chi connectivity index (χ4v) is 1.74. The molecule has 102 valence electrons. The summed E-state index contributed by atoms with van der Waals surface area (Å²) in [6, 6.07) is 5.81. The van der Waals surface area contributed by atoms with Gasteiger partial charge in [-0.05, 0) is 44.8 Å². The Bertz CT molecular complexity index is 538. The summed E-state index contributed by atoms with van der Waals surface area (Å²) in [5.41, 5.74) is 2.32. The van der Waals surface area contributed by atoms with Crippen LogP contribution in [0.2, 0.25) is 0 Å². The second-order valence-corrected chi connectivity index (χ2v) is 5.10. The van der Waals surface area contributed by atoms with Crippen LogP contribution in [-0.2, 0) is 9.31 Å². The second-order valence-electron chi connectivity index (χ2n) is 5.10. The minimum Gasteiger partial charge on any atom is -0.443 e. The van der Waals surface area contributed by atoms with Gasteiger partial charge in [0.1, 0.15) is 5.52 Å². The molecule has 0 fully saturated rings. The minimum absolute atomic E-state index is 0.226. The lowest BCUT2D eigenvalue weighted by Crippen LogP contribution is -2.43. The molecule has 19 heavy (non-hydrogen) atoms. The van der Waals surface area contributed by atoms with Crippen molar-refractivity contribution in [3.8, 4) is 0 Å². The van der Waals surface area contributed by atoms with Crippen LogP contribution >= 0.6 is 0 Å². The van der Waals surface area contributed by atoms with Crippen molar-refractivity contribution in [2.45, 2.75) is 39.7 Å². The van der Waals surface area contributed by atoms with Crippen LogP contribution in [0.5, 0.6) is 0 Å². The molecule has 1 aromatic carbocycles. The molecule has 2 aromatic rings. The lowest BCUT2D eigenvalue weighted by atomic mass is 9.77. The Kier molecular flexibility index (Phi) is 4.27. The number of hydrogen-bond donors (Lipinski definition) is 0. The van der Waals surface area contributed by atoms with E-state index in [0.717, 1.165) is 23.0 Å². The molecule has 0 bridgehead atoms. The molecule has 0 spiro atoms. The molecule has 4 nitrogen and oxygen atoms in total. The number of fused-ring (bicyclic) bond motifs is 1. The maximum atomic E-state index is 6.05. The fourth-order valence-electron chi connectivity index (χ4n) is 1.74. The monoisotopic (exact) mass is 261 g/mol. The van der Waals surface area contributed by atoms with Gasteiger partial charge >= 0.3 is 7.12 Å². The lowest BCUT2D eigenvalue weighted by Gasteiger charge is -2.28. The van der Waals surface area contributed by atoms with Gasteiger partial charge in [-0.15, -0.1) is 0 Å². The van der Waals surface area contributed by atoms with Crippen LogP contribution in [0, 0.1) is 0 Å². The van der Waals surface area contributed by atoms with E-state index in [-0.39, 0.29) is 12.7 Å². The second kappa shape index (κ2) is 5.76. The molecule has 0 N–H and O–H groups in total. The standard InChI is InChI=1S/C14H20BNO3/c1-5-14(3,4)19-15(18-6-2)11-7-8-12-13(9-11)17-10-16-12/h7-10H,5-6H2,1-4H3. The molecule has 0 aliphatic rings. The Morgan fingerprint density at radius 2 is 2.11 bits per heavy atom. The maximum absolute atomic E-state index is 6.05. The molecule has 1 heterocycles. The highest BCUT2D eigenvalue weighted by Crippen LogP contribution is 2.17. The first-order valence-electron chi connectivity index (χ1n) is 6.68. The quantitative estimate of drug-likeness (QED) is 0.750. The number of rotatable bonds is 6. The molecule has 0 unspecified atom stereocenters. The summed E-state index contributed by atoms with van der Waals surface area (Å²) in [7, 11) is -0.380. The van der Waals surface area contributed by atoms with Crippen molar-refractivity contribution < 1.29 is 13.7 Å².